The highest BCUT2D eigenvalue weighted by atomic mass is 32.1. The molecule has 23 heavy (non-hydrogen) atoms. The molecule has 1 aromatic heterocycles. The minimum Gasteiger partial charge on any atom is -0.500 e. The van der Waals surface area contributed by atoms with E-state index in [1.807, 2.05) is 6.92 Å². The molecule has 2 N–H and O–H groups in total. The number of carbonyl (C=O) groups is 1. The van der Waals surface area contributed by atoms with Crippen molar-refractivity contribution in [1.82, 2.24) is 9.88 Å². The van der Waals surface area contributed by atoms with Crippen LogP contribution in [0.25, 0.3) is 10.7 Å². The SMILES string of the molecule is CCOC(=O)c1c[nH]c(C(O)=C[N+]#N)c1C1CCN(CC)C1=S. The number of likely N-dealkylation sites (tertiary alicyclic amines) is 1. The molecule has 0 spiro atoms. The van der Waals surface area contributed by atoms with Gasteiger partial charge in [0.1, 0.15) is 0 Å². The van der Waals surface area contributed by atoms with Crippen molar-refractivity contribution in [2.75, 3.05) is 19.7 Å². The smallest absolute Gasteiger partial charge is 0.393 e. The summed E-state index contributed by atoms with van der Waals surface area (Å²) in [5, 5.41) is 18.7. The molecule has 122 valence electrons. The van der Waals surface area contributed by atoms with Crippen LogP contribution in [-0.2, 0) is 4.74 Å². The van der Waals surface area contributed by atoms with E-state index in [9.17, 15) is 9.90 Å². The summed E-state index contributed by atoms with van der Waals surface area (Å²) < 4.78 is 5.08. The molecule has 7 nitrogen and oxygen atoms in total. The number of hydrogen-bond acceptors (Lipinski definition) is 5. The van der Waals surface area contributed by atoms with E-state index >= 15 is 0 Å². The molecule has 2 rings (SSSR count). The summed E-state index contributed by atoms with van der Waals surface area (Å²) in [6.07, 6.45) is 3.13. The second kappa shape index (κ2) is 7.24. The van der Waals surface area contributed by atoms with E-state index in [-0.39, 0.29) is 18.3 Å². The fraction of sp³-hybridized carbons (Fsp3) is 0.467. The largest absolute Gasteiger partial charge is 0.500 e. The van der Waals surface area contributed by atoms with Crippen LogP contribution in [0.3, 0.4) is 0 Å². The van der Waals surface area contributed by atoms with Crippen molar-refractivity contribution in [1.29, 1.82) is 5.39 Å². The van der Waals surface area contributed by atoms with Crippen LogP contribution in [0, 0.1) is 5.39 Å². The lowest BCUT2D eigenvalue weighted by Crippen LogP contribution is -2.25. The molecule has 0 radical (unpaired) electrons. The van der Waals surface area contributed by atoms with Gasteiger partial charge in [0.2, 0.25) is 11.2 Å². The van der Waals surface area contributed by atoms with E-state index in [1.54, 1.807) is 6.92 Å². The molecule has 0 bridgehead atoms. The summed E-state index contributed by atoms with van der Waals surface area (Å²) in [6.45, 7) is 5.58. The Morgan fingerprint density at radius 1 is 1.65 bits per heavy atom. The highest BCUT2D eigenvalue weighted by Gasteiger charge is 2.35. The Hall–Kier alpha value is -2.40. The first-order valence-corrected chi connectivity index (χ1v) is 7.86. The normalized spacial score (nSPS) is 18.1. The van der Waals surface area contributed by atoms with Gasteiger partial charge in [-0.25, -0.2) is 4.79 Å². The number of rotatable bonds is 5. The third kappa shape index (κ3) is 3.19. The molecule has 2 heterocycles. The first kappa shape index (κ1) is 17.0. The molecule has 1 atom stereocenters. The fourth-order valence-electron chi connectivity index (χ4n) is 2.83. The van der Waals surface area contributed by atoms with Crippen LogP contribution >= 0.6 is 12.2 Å². The summed E-state index contributed by atoms with van der Waals surface area (Å²) in [4.78, 5) is 20.7. The molecule has 1 fully saturated rings. The van der Waals surface area contributed by atoms with Gasteiger partial charge in [0.05, 0.1) is 22.9 Å². The Morgan fingerprint density at radius 3 is 2.96 bits per heavy atom. The summed E-state index contributed by atoms with van der Waals surface area (Å²) in [7, 11) is 0. The quantitative estimate of drug-likeness (QED) is 0.372. The van der Waals surface area contributed by atoms with Crippen LogP contribution in [0.1, 0.15) is 47.8 Å². The number of diazo groups is 1. The monoisotopic (exact) mass is 335 g/mol. The molecule has 8 heteroatoms. The molecule has 1 aromatic rings. The number of likely N-dealkylation sites (N-methyl/N-ethyl adjacent to an activating group) is 1. The Kier molecular flexibility index (Phi) is 5.34. The minimum atomic E-state index is -0.475. The summed E-state index contributed by atoms with van der Waals surface area (Å²) in [6, 6.07) is 0. The lowest BCUT2D eigenvalue weighted by Gasteiger charge is -2.18. The van der Waals surface area contributed by atoms with E-state index in [0.717, 1.165) is 30.7 Å². The van der Waals surface area contributed by atoms with Gasteiger partial charge in [-0.15, -0.1) is 0 Å². The van der Waals surface area contributed by atoms with Gasteiger partial charge in [-0.05, 0) is 20.3 Å². The predicted octanol–water partition coefficient (Wildman–Crippen LogP) is 3.04. The Bertz CT molecular complexity index is 689. The van der Waals surface area contributed by atoms with Gasteiger partial charge < -0.3 is 19.7 Å². The molecular weight excluding hydrogens is 316 g/mol. The maximum absolute atomic E-state index is 12.2. The predicted molar refractivity (Wildman–Crippen MR) is 89.6 cm³/mol. The highest BCUT2D eigenvalue weighted by Crippen LogP contribution is 2.36. The van der Waals surface area contributed by atoms with E-state index in [1.165, 1.54) is 6.20 Å². The second-order valence-electron chi connectivity index (χ2n) is 5.10. The fourth-order valence-corrected chi connectivity index (χ4v) is 3.28. The van der Waals surface area contributed by atoms with Crippen molar-refractivity contribution < 1.29 is 14.6 Å². The number of thiocarbonyl (C=S) groups is 1. The zero-order valence-electron chi connectivity index (χ0n) is 13.1. The molecule has 0 saturated carbocycles. The van der Waals surface area contributed by atoms with Crippen LogP contribution in [0.4, 0.5) is 0 Å². The van der Waals surface area contributed by atoms with Crippen molar-refractivity contribution in [3.05, 3.63) is 34.2 Å². The van der Waals surface area contributed by atoms with Crippen LogP contribution in [0.5, 0.6) is 0 Å². The maximum Gasteiger partial charge on any atom is 0.393 e. The van der Waals surface area contributed by atoms with E-state index in [4.69, 9.17) is 22.3 Å². The lowest BCUT2D eigenvalue weighted by atomic mass is 9.93. The number of aromatic nitrogens is 1. The molecule has 1 aliphatic rings. The Balaban J connectivity index is 2.52. The van der Waals surface area contributed by atoms with Crippen LogP contribution < -0.4 is 0 Å². The molecule has 0 aromatic carbocycles. The molecule has 0 amide bonds. The summed E-state index contributed by atoms with van der Waals surface area (Å²) in [5.74, 6) is -0.924. The number of aliphatic hydroxyl groups is 1. The Labute approximate surface area is 139 Å². The average Bonchev–Trinajstić information content (AvgIpc) is 3.10. The average molecular weight is 335 g/mol. The number of aliphatic hydroxyl groups excluding tert-OH is 1. The van der Waals surface area contributed by atoms with E-state index < -0.39 is 5.97 Å². The third-order valence-electron chi connectivity index (χ3n) is 3.88. The van der Waals surface area contributed by atoms with Crippen molar-refractivity contribution in [3.63, 3.8) is 0 Å². The lowest BCUT2D eigenvalue weighted by molar-refractivity contribution is 0.0525. The molecule has 1 unspecified atom stereocenters. The third-order valence-corrected chi connectivity index (χ3v) is 4.42. The zero-order valence-corrected chi connectivity index (χ0v) is 13.9. The number of carbonyl (C=O) groups excluding carboxylic acids is 1. The minimum absolute atomic E-state index is 0.181. The topological polar surface area (TPSA) is 93.7 Å². The van der Waals surface area contributed by atoms with Gasteiger partial charge >= 0.3 is 12.2 Å². The molecule has 0 aliphatic carbocycles. The first-order chi connectivity index (χ1) is 11.0. The van der Waals surface area contributed by atoms with Gasteiger partial charge in [0.15, 0.2) is 4.98 Å². The number of nitrogens with zero attached hydrogens (tertiary/aromatic N) is 3. The number of aromatic amines is 1. The van der Waals surface area contributed by atoms with Gasteiger partial charge in [-0.3, -0.25) is 0 Å². The van der Waals surface area contributed by atoms with Crippen molar-refractivity contribution in [2.24, 2.45) is 0 Å². The van der Waals surface area contributed by atoms with E-state index in [2.05, 4.69) is 14.9 Å². The maximum atomic E-state index is 12.2. The van der Waals surface area contributed by atoms with Gasteiger partial charge in [0, 0.05) is 30.8 Å². The van der Waals surface area contributed by atoms with E-state index in [0.29, 0.717) is 16.8 Å². The van der Waals surface area contributed by atoms with Crippen molar-refractivity contribution >= 4 is 28.9 Å². The number of hydrogen-bond donors (Lipinski definition) is 2. The molecule has 1 saturated heterocycles. The number of H-pyrrole nitrogens is 1. The number of nitrogens with one attached hydrogen (secondary N) is 1. The number of esters is 1. The van der Waals surface area contributed by atoms with Gasteiger partial charge in [-0.2, -0.15) is 0 Å². The molecular formula is C15H19N4O3S+. The van der Waals surface area contributed by atoms with Crippen molar-refractivity contribution in [2.45, 2.75) is 26.2 Å². The standard InChI is InChI=1S/C15H18N4O3S/c1-3-19-6-5-9(14(19)23)12-10(15(21)22-4-2)7-17-13(12)11(20)8-18-16/h7-9H,3-6H2,1-2H3,(H-,17,20,21)/p+1. The highest BCUT2D eigenvalue weighted by molar-refractivity contribution is 7.80. The summed E-state index contributed by atoms with van der Waals surface area (Å²) in [5.41, 5.74) is 1.24. The Morgan fingerprint density at radius 2 is 2.39 bits per heavy atom. The summed E-state index contributed by atoms with van der Waals surface area (Å²) >= 11 is 5.52. The van der Waals surface area contributed by atoms with Gasteiger partial charge in [0.25, 0.3) is 0 Å². The van der Waals surface area contributed by atoms with Crippen LogP contribution in [-0.4, -0.2) is 45.6 Å². The molecule has 1 aliphatic heterocycles. The number of ether oxygens (including phenoxy) is 1. The van der Waals surface area contributed by atoms with Crippen molar-refractivity contribution in [3.8, 4) is 0 Å². The van der Waals surface area contributed by atoms with Crippen LogP contribution in [0.2, 0.25) is 0 Å². The van der Waals surface area contributed by atoms with Gasteiger partial charge in [-0.1, -0.05) is 12.2 Å². The zero-order chi connectivity index (χ0) is 17.0. The first-order valence-electron chi connectivity index (χ1n) is 7.45. The van der Waals surface area contributed by atoms with Crippen LogP contribution in [0.15, 0.2) is 12.4 Å². The second-order valence-corrected chi connectivity index (χ2v) is 5.52.